The molecule has 0 aliphatic heterocycles. The van der Waals surface area contributed by atoms with E-state index in [1.54, 1.807) is 6.07 Å². The summed E-state index contributed by atoms with van der Waals surface area (Å²) in [5, 5.41) is 12.4. The van der Waals surface area contributed by atoms with Gasteiger partial charge in [0.1, 0.15) is 5.69 Å². The van der Waals surface area contributed by atoms with Crippen molar-refractivity contribution in [2.24, 2.45) is 0 Å². The molecule has 3 rings (SSSR count). The van der Waals surface area contributed by atoms with Crippen molar-refractivity contribution in [2.75, 3.05) is 5.32 Å². The number of amides is 1. The Balaban J connectivity index is 1.84. The maximum absolute atomic E-state index is 12.3. The lowest BCUT2D eigenvalue weighted by molar-refractivity contribution is 0.101. The quantitative estimate of drug-likeness (QED) is 0.839. The summed E-state index contributed by atoms with van der Waals surface area (Å²) in [7, 11) is 0. The summed E-state index contributed by atoms with van der Waals surface area (Å²) in [6.45, 7) is 0. The maximum atomic E-state index is 12.3. The van der Waals surface area contributed by atoms with Crippen molar-refractivity contribution < 1.29 is 9.90 Å². The zero-order valence-electron chi connectivity index (χ0n) is 10.4. The number of carbonyl (C=O) groups excluding carboxylic acids is 1. The van der Waals surface area contributed by atoms with Crippen LogP contribution in [0.15, 0.2) is 30.5 Å². The molecule has 4 nitrogen and oxygen atoms in total. The van der Waals surface area contributed by atoms with Gasteiger partial charge in [0.25, 0.3) is 5.91 Å². The van der Waals surface area contributed by atoms with Gasteiger partial charge in [0, 0.05) is 17.9 Å². The fourth-order valence-corrected chi connectivity index (χ4v) is 2.58. The van der Waals surface area contributed by atoms with Crippen molar-refractivity contribution in [3.63, 3.8) is 0 Å². The first-order valence-electron chi connectivity index (χ1n) is 6.22. The van der Waals surface area contributed by atoms with Crippen molar-refractivity contribution in [3.05, 3.63) is 46.2 Å². The van der Waals surface area contributed by atoms with Crippen LogP contribution < -0.4 is 5.32 Å². The Morgan fingerprint density at radius 3 is 2.55 bits per heavy atom. The summed E-state index contributed by atoms with van der Waals surface area (Å²) < 4.78 is 1.97. The highest BCUT2D eigenvalue weighted by Crippen LogP contribution is 2.37. The van der Waals surface area contributed by atoms with E-state index in [4.69, 9.17) is 23.2 Å². The van der Waals surface area contributed by atoms with Crippen LogP contribution in [0.5, 0.6) is 5.75 Å². The Kier molecular flexibility index (Phi) is 3.36. The standard InChI is InChI=1S/C14H12Cl2N2O2/c15-10-6-8(7-11(16)13(10)19)17-14(20)12-2-1-5-18(12)9-3-4-9/h1-2,5-7,9,19H,3-4H2,(H,17,20). The summed E-state index contributed by atoms with van der Waals surface area (Å²) in [6.07, 6.45) is 4.11. The molecule has 0 spiro atoms. The lowest BCUT2D eigenvalue weighted by Crippen LogP contribution is -2.16. The number of benzene rings is 1. The summed E-state index contributed by atoms with van der Waals surface area (Å²) in [4.78, 5) is 12.3. The van der Waals surface area contributed by atoms with Crippen molar-refractivity contribution in [1.82, 2.24) is 4.57 Å². The summed E-state index contributed by atoms with van der Waals surface area (Å²) in [6, 6.07) is 6.98. The van der Waals surface area contributed by atoms with Gasteiger partial charge in [0.15, 0.2) is 5.75 Å². The van der Waals surface area contributed by atoms with E-state index in [0.29, 0.717) is 17.4 Å². The third-order valence-corrected chi connectivity index (χ3v) is 3.80. The largest absolute Gasteiger partial charge is 0.505 e. The Hall–Kier alpha value is -1.65. The second-order valence-corrected chi connectivity index (χ2v) is 5.59. The molecule has 6 heteroatoms. The lowest BCUT2D eigenvalue weighted by atomic mass is 10.3. The zero-order chi connectivity index (χ0) is 14.3. The average molecular weight is 311 g/mol. The maximum Gasteiger partial charge on any atom is 0.272 e. The third kappa shape index (κ3) is 2.49. The second-order valence-electron chi connectivity index (χ2n) is 4.77. The van der Waals surface area contributed by atoms with Gasteiger partial charge in [-0.2, -0.15) is 0 Å². The molecule has 0 radical (unpaired) electrons. The van der Waals surface area contributed by atoms with E-state index in [1.807, 2.05) is 16.8 Å². The Morgan fingerprint density at radius 2 is 1.95 bits per heavy atom. The average Bonchev–Trinajstić information content (AvgIpc) is 3.13. The number of aromatic hydroxyl groups is 1. The van der Waals surface area contributed by atoms with E-state index in [1.165, 1.54) is 12.1 Å². The first kappa shape index (κ1) is 13.3. The number of nitrogens with one attached hydrogen (secondary N) is 1. The molecule has 1 aliphatic rings. The molecule has 20 heavy (non-hydrogen) atoms. The first-order chi connectivity index (χ1) is 9.56. The van der Waals surface area contributed by atoms with Gasteiger partial charge in [0.2, 0.25) is 0 Å². The highest BCUT2D eigenvalue weighted by Gasteiger charge is 2.26. The molecule has 1 saturated carbocycles. The van der Waals surface area contributed by atoms with Gasteiger partial charge in [-0.15, -0.1) is 0 Å². The second kappa shape index (κ2) is 5.04. The third-order valence-electron chi connectivity index (χ3n) is 3.23. The smallest absolute Gasteiger partial charge is 0.272 e. The minimum atomic E-state index is -0.222. The van der Waals surface area contributed by atoms with Gasteiger partial charge in [-0.05, 0) is 37.1 Å². The Bertz CT molecular complexity index is 655. The number of hydrogen-bond acceptors (Lipinski definition) is 2. The zero-order valence-corrected chi connectivity index (χ0v) is 11.9. The SMILES string of the molecule is O=C(Nc1cc(Cl)c(O)c(Cl)c1)c1cccn1C1CC1. The monoisotopic (exact) mass is 310 g/mol. The van der Waals surface area contributed by atoms with Crippen LogP contribution in [0, 0.1) is 0 Å². The van der Waals surface area contributed by atoms with Crippen molar-refractivity contribution >= 4 is 34.8 Å². The number of nitrogens with zero attached hydrogens (tertiary/aromatic N) is 1. The number of carbonyl (C=O) groups is 1. The fourth-order valence-electron chi connectivity index (χ4n) is 2.09. The molecule has 2 aromatic rings. The molecule has 1 fully saturated rings. The van der Waals surface area contributed by atoms with Gasteiger partial charge in [0.05, 0.1) is 10.0 Å². The minimum absolute atomic E-state index is 0.102. The highest BCUT2D eigenvalue weighted by atomic mass is 35.5. The number of aromatic nitrogens is 1. The van der Waals surface area contributed by atoms with Gasteiger partial charge in [-0.1, -0.05) is 23.2 Å². The Morgan fingerprint density at radius 1 is 1.30 bits per heavy atom. The molecular weight excluding hydrogens is 299 g/mol. The molecule has 1 amide bonds. The van der Waals surface area contributed by atoms with E-state index in [-0.39, 0.29) is 21.7 Å². The molecule has 1 aromatic heterocycles. The number of phenols is 1. The minimum Gasteiger partial charge on any atom is -0.505 e. The van der Waals surface area contributed by atoms with E-state index in [2.05, 4.69) is 5.32 Å². The van der Waals surface area contributed by atoms with Crippen molar-refractivity contribution in [2.45, 2.75) is 18.9 Å². The first-order valence-corrected chi connectivity index (χ1v) is 6.98. The van der Waals surface area contributed by atoms with Crippen molar-refractivity contribution in [3.8, 4) is 5.75 Å². The predicted molar refractivity (Wildman–Crippen MR) is 78.8 cm³/mol. The van der Waals surface area contributed by atoms with Crippen LogP contribution in [0.2, 0.25) is 10.0 Å². The summed E-state index contributed by atoms with van der Waals surface area (Å²) in [5.41, 5.74) is 1.05. The van der Waals surface area contributed by atoms with E-state index < -0.39 is 0 Å². The van der Waals surface area contributed by atoms with Crippen LogP contribution in [-0.2, 0) is 0 Å². The molecule has 0 unspecified atom stereocenters. The molecule has 1 aliphatic carbocycles. The molecule has 104 valence electrons. The number of anilines is 1. The van der Waals surface area contributed by atoms with E-state index in [9.17, 15) is 9.90 Å². The summed E-state index contributed by atoms with van der Waals surface area (Å²) in [5.74, 6) is -0.410. The normalized spacial score (nSPS) is 14.3. The van der Waals surface area contributed by atoms with Crippen LogP contribution in [0.3, 0.4) is 0 Å². The van der Waals surface area contributed by atoms with E-state index in [0.717, 1.165) is 12.8 Å². The fraction of sp³-hybridized carbons (Fsp3) is 0.214. The molecule has 0 bridgehead atoms. The molecule has 0 atom stereocenters. The topological polar surface area (TPSA) is 54.3 Å². The number of halogens is 2. The highest BCUT2D eigenvalue weighted by molar-refractivity contribution is 6.37. The van der Waals surface area contributed by atoms with Gasteiger partial charge < -0.3 is 15.0 Å². The van der Waals surface area contributed by atoms with Crippen LogP contribution in [0.4, 0.5) is 5.69 Å². The van der Waals surface area contributed by atoms with Crippen LogP contribution in [0.25, 0.3) is 0 Å². The molecule has 1 heterocycles. The predicted octanol–water partition coefficient (Wildman–Crippen LogP) is 4.09. The number of phenolic OH excluding ortho intramolecular Hbond substituents is 1. The number of rotatable bonds is 3. The van der Waals surface area contributed by atoms with Gasteiger partial charge in [-0.3, -0.25) is 4.79 Å². The van der Waals surface area contributed by atoms with Crippen LogP contribution in [-0.4, -0.2) is 15.6 Å². The van der Waals surface area contributed by atoms with Crippen LogP contribution >= 0.6 is 23.2 Å². The molecular formula is C14H12Cl2N2O2. The Labute approximate surface area is 125 Å². The van der Waals surface area contributed by atoms with Gasteiger partial charge in [-0.25, -0.2) is 0 Å². The lowest BCUT2D eigenvalue weighted by Gasteiger charge is -2.10. The van der Waals surface area contributed by atoms with E-state index >= 15 is 0 Å². The van der Waals surface area contributed by atoms with Crippen LogP contribution in [0.1, 0.15) is 29.4 Å². The van der Waals surface area contributed by atoms with Gasteiger partial charge >= 0.3 is 0 Å². The van der Waals surface area contributed by atoms with Crippen molar-refractivity contribution in [1.29, 1.82) is 0 Å². The molecule has 0 saturated heterocycles. The number of hydrogen-bond donors (Lipinski definition) is 2. The summed E-state index contributed by atoms with van der Waals surface area (Å²) >= 11 is 11.7. The molecule has 1 aromatic carbocycles. The molecule has 2 N–H and O–H groups in total.